The van der Waals surface area contributed by atoms with E-state index in [4.69, 9.17) is 5.11 Å². The number of benzene rings is 1. The molecule has 0 heterocycles. The van der Waals surface area contributed by atoms with Gasteiger partial charge in [-0.05, 0) is 58.4 Å². The largest absolute Gasteiger partial charge is 0.478 e. The fraction of sp³-hybridized carbons (Fsp3) is 0.500. The van der Waals surface area contributed by atoms with Crippen LogP contribution in [0.2, 0.25) is 0 Å². The second-order valence-corrected chi connectivity index (χ2v) is 5.64. The molecule has 0 spiro atoms. The van der Waals surface area contributed by atoms with Crippen LogP contribution >= 0.6 is 0 Å². The summed E-state index contributed by atoms with van der Waals surface area (Å²) in [6, 6.07) is 4.90. The molecule has 0 amide bonds. The van der Waals surface area contributed by atoms with Gasteiger partial charge in [0.05, 0.1) is 16.7 Å². The third kappa shape index (κ3) is 3.01. The molecule has 0 aliphatic heterocycles. The summed E-state index contributed by atoms with van der Waals surface area (Å²) >= 11 is 0. The van der Waals surface area contributed by atoms with Gasteiger partial charge in [0, 0.05) is 5.69 Å². The van der Waals surface area contributed by atoms with Crippen molar-refractivity contribution in [1.29, 1.82) is 0 Å². The van der Waals surface area contributed by atoms with Crippen LogP contribution in [0, 0.1) is 6.92 Å². The molecule has 18 heavy (non-hydrogen) atoms. The first-order valence-corrected chi connectivity index (χ1v) is 5.89. The maximum absolute atomic E-state index is 10.8. The lowest BCUT2D eigenvalue weighted by atomic mass is 9.85. The number of rotatable bonds is 4. The Hall–Kier alpha value is -1.55. The van der Waals surface area contributed by atoms with Crippen LogP contribution in [0.25, 0.3) is 0 Å². The number of carbonyl (C=O) groups is 1. The molecule has 0 saturated carbocycles. The summed E-state index contributed by atoms with van der Waals surface area (Å²) < 4.78 is 0. The third-order valence-corrected chi connectivity index (χ3v) is 3.45. The first kappa shape index (κ1) is 14.5. The molecule has 4 nitrogen and oxygen atoms in total. The zero-order valence-corrected chi connectivity index (χ0v) is 11.5. The minimum atomic E-state index is -0.939. The minimum absolute atomic E-state index is 0.263. The molecule has 4 heteroatoms. The molecule has 1 aromatic carbocycles. The molecule has 0 aromatic heterocycles. The fourth-order valence-electron chi connectivity index (χ4n) is 1.43. The van der Waals surface area contributed by atoms with Crippen LogP contribution < -0.4 is 5.32 Å². The molecule has 0 unspecified atom stereocenters. The van der Waals surface area contributed by atoms with Gasteiger partial charge in [-0.15, -0.1) is 0 Å². The summed E-state index contributed by atoms with van der Waals surface area (Å²) in [5, 5.41) is 22.2. The average molecular weight is 251 g/mol. The molecular formula is C14H21NO3. The Balaban J connectivity index is 3.03. The molecule has 0 bridgehead atoms. The van der Waals surface area contributed by atoms with Crippen molar-refractivity contribution in [2.24, 2.45) is 0 Å². The summed E-state index contributed by atoms with van der Waals surface area (Å²) in [5.41, 5.74) is 0.506. The lowest BCUT2D eigenvalue weighted by molar-refractivity contribution is 0.0240. The van der Waals surface area contributed by atoms with Crippen molar-refractivity contribution < 1.29 is 15.0 Å². The van der Waals surface area contributed by atoms with E-state index in [0.29, 0.717) is 0 Å². The van der Waals surface area contributed by atoms with E-state index in [1.54, 1.807) is 32.0 Å². The van der Waals surface area contributed by atoms with Crippen molar-refractivity contribution in [2.75, 3.05) is 5.32 Å². The summed E-state index contributed by atoms with van der Waals surface area (Å²) in [4.78, 5) is 10.8. The number of hydrogen-bond acceptors (Lipinski definition) is 3. The van der Waals surface area contributed by atoms with Crippen LogP contribution in [0.1, 0.15) is 43.6 Å². The van der Waals surface area contributed by atoms with Gasteiger partial charge < -0.3 is 15.5 Å². The van der Waals surface area contributed by atoms with E-state index in [9.17, 15) is 9.90 Å². The van der Waals surface area contributed by atoms with E-state index in [1.807, 2.05) is 20.8 Å². The first-order valence-electron chi connectivity index (χ1n) is 5.89. The van der Waals surface area contributed by atoms with E-state index in [2.05, 4.69) is 5.32 Å². The van der Waals surface area contributed by atoms with Crippen molar-refractivity contribution in [1.82, 2.24) is 0 Å². The standard InChI is InChI=1S/C14H21NO3/c1-9-8-10(12(16)17)6-7-11(9)15-13(2,3)14(4,5)18/h6-8,15,18H,1-5H3,(H,16,17). The van der Waals surface area contributed by atoms with Crippen LogP contribution in [0.3, 0.4) is 0 Å². The monoisotopic (exact) mass is 251 g/mol. The number of carboxylic acid groups (broad SMARTS) is 1. The number of aliphatic hydroxyl groups is 1. The Morgan fingerprint density at radius 1 is 1.22 bits per heavy atom. The van der Waals surface area contributed by atoms with Gasteiger partial charge in [0.1, 0.15) is 0 Å². The Labute approximate surface area is 108 Å². The summed E-state index contributed by atoms with van der Waals surface area (Å²) in [6.07, 6.45) is 0. The first-order chi connectivity index (χ1) is 8.04. The van der Waals surface area contributed by atoms with Gasteiger partial charge in [-0.1, -0.05) is 0 Å². The highest BCUT2D eigenvalue weighted by atomic mass is 16.4. The van der Waals surface area contributed by atoms with E-state index < -0.39 is 17.1 Å². The molecule has 0 aliphatic carbocycles. The normalized spacial score (nSPS) is 12.3. The fourth-order valence-corrected chi connectivity index (χ4v) is 1.43. The van der Waals surface area contributed by atoms with Crippen LogP contribution in [-0.2, 0) is 0 Å². The number of aromatic carboxylic acids is 1. The average Bonchev–Trinajstić information content (AvgIpc) is 2.18. The van der Waals surface area contributed by atoms with Gasteiger partial charge in [-0.3, -0.25) is 0 Å². The maximum Gasteiger partial charge on any atom is 0.335 e. The van der Waals surface area contributed by atoms with Crippen LogP contribution in [0.4, 0.5) is 5.69 Å². The molecule has 0 aliphatic rings. The minimum Gasteiger partial charge on any atom is -0.478 e. The second kappa shape index (κ2) is 4.61. The molecule has 1 aromatic rings. The quantitative estimate of drug-likeness (QED) is 0.769. The Morgan fingerprint density at radius 3 is 2.17 bits per heavy atom. The van der Waals surface area contributed by atoms with E-state index >= 15 is 0 Å². The molecule has 0 fully saturated rings. The number of aryl methyl sites for hydroxylation is 1. The highest BCUT2D eigenvalue weighted by Crippen LogP contribution is 2.28. The van der Waals surface area contributed by atoms with Gasteiger partial charge in [0.15, 0.2) is 0 Å². The lowest BCUT2D eigenvalue weighted by Gasteiger charge is -2.39. The predicted octanol–water partition coefficient (Wildman–Crippen LogP) is 2.65. The zero-order valence-electron chi connectivity index (χ0n) is 11.5. The lowest BCUT2D eigenvalue weighted by Crippen LogP contribution is -2.51. The highest BCUT2D eigenvalue weighted by molar-refractivity contribution is 5.88. The Bertz CT molecular complexity index is 459. The van der Waals surface area contributed by atoms with Crippen LogP contribution in [0.15, 0.2) is 18.2 Å². The Morgan fingerprint density at radius 2 is 1.78 bits per heavy atom. The summed E-state index contributed by atoms with van der Waals surface area (Å²) in [6.45, 7) is 9.12. The number of hydrogen-bond donors (Lipinski definition) is 3. The van der Waals surface area contributed by atoms with E-state index in [1.165, 1.54) is 0 Å². The van der Waals surface area contributed by atoms with Crippen molar-refractivity contribution in [3.05, 3.63) is 29.3 Å². The van der Waals surface area contributed by atoms with Crippen molar-refractivity contribution in [3.8, 4) is 0 Å². The molecule has 0 saturated heterocycles. The van der Waals surface area contributed by atoms with E-state index in [-0.39, 0.29) is 5.56 Å². The third-order valence-electron chi connectivity index (χ3n) is 3.45. The number of carboxylic acids is 1. The van der Waals surface area contributed by atoms with Crippen molar-refractivity contribution in [2.45, 2.75) is 45.8 Å². The summed E-state index contributed by atoms with van der Waals surface area (Å²) in [7, 11) is 0. The molecule has 0 atom stereocenters. The molecular weight excluding hydrogens is 230 g/mol. The van der Waals surface area contributed by atoms with Gasteiger partial charge >= 0.3 is 5.97 Å². The van der Waals surface area contributed by atoms with E-state index in [0.717, 1.165) is 11.3 Å². The van der Waals surface area contributed by atoms with Gasteiger partial charge in [-0.2, -0.15) is 0 Å². The van der Waals surface area contributed by atoms with Crippen molar-refractivity contribution in [3.63, 3.8) is 0 Å². The number of nitrogens with one attached hydrogen (secondary N) is 1. The number of anilines is 1. The zero-order chi connectivity index (χ0) is 14.1. The predicted molar refractivity (Wildman–Crippen MR) is 72.1 cm³/mol. The SMILES string of the molecule is Cc1cc(C(=O)O)ccc1NC(C)(C)C(C)(C)O. The molecule has 1 rings (SSSR count). The van der Waals surface area contributed by atoms with Crippen LogP contribution in [-0.4, -0.2) is 27.3 Å². The van der Waals surface area contributed by atoms with Gasteiger partial charge in [-0.25, -0.2) is 4.79 Å². The maximum atomic E-state index is 10.8. The van der Waals surface area contributed by atoms with Crippen LogP contribution in [0.5, 0.6) is 0 Å². The molecule has 100 valence electrons. The Kier molecular flexibility index (Phi) is 3.72. The van der Waals surface area contributed by atoms with Crippen molar-refractivity contribution >= 4 is 11.7 Å². The topological polar surface area (TPSA) is 69.6 Å². The molecule has 3 N–H and O–H groups in total. The highest BCUT2D eigenvalue weighted by Gasteiger charge is 2.35. The van der Waals surface area contributed by atoms with Gasteiger partial charge in [0.2, 0.25) is 0 Å². The summed E-state index contributed by atoms with van der Waals surface area (Å²) in [5.74, 6) is -0.939. The molecule has 0 radical (unpaired) electrons. The second-order valence-electron chi connectivity index (χ2n) is 5.64. The van der Waals surface area contributed by atoms with Gasteiger partial charge in [0.25, 0.3) is 0 Å². The smallest absolute Gasteiger partial charge is 0.335 e.